The van der Waals surface area contributed by atoms with Gasteiger partial charge in [0.1, 0.15) is 5.78 Å². The highest BCUT2D eigenvalue weighted by atomic mass is 16.2. The summed E-state index contributed by atoms with van der Waals surface area (Å²) in [5, 5.41) is 0. The topological polar surface area (TPSA) is 37.4 Å². The standard InChI is InChI=1S/C13H23NO2/c1-11(15)7-8-13(16)14(2)10-9-12-5-3-4-6-12/h12H,3-10H2,1-2H3. The van der Waals surface area contributed by atoms with Crippen LogP contribution in [0.5, 0.6) is 0 Å². The summed E-state index contributed by atoms with van der Waals surface area (Å²) < 4.78 is 0. The number of ketones is 1. The molecule has 0 aromatic heterocycles. The molecule has 1 fully saturated rings. The summed E-state index contributed by atoms with van der Waals surface area (Å²) in [4.78, 5) is 24.2. The number of nitrogens with zero attached hydrogens (tertiary/aromatic N) is 1. The van der Waals surface area contributed by atoms with Crippen LogP contribution in [0.2, 0.25) is 0 Å². The molecule has 0 spiro atoms. The van der Waals surface area contributed by atoms with E-state index in [0.29, 0.717) is 12.8 Å². The average Bonchev–Trinajstić information content (AvgIpc) is 2.75. The summed E-state index contributed by atoms with van der Waals surface area (Å²) in [5.74, 6) is 1.02. The van der Waals surface area contributed by atoms with Crippen molar-refractivity contribution in [2.45, 2.75) is 51.9 Å². The van der Waals surface area contributed by atoms with Crippen molar-refractivity contribution < 1.29 is 9.59 Å². The van der Waals surface area contributed by atoms with Crippen LogP contribution in [0.4, 0.5) is 0 Å². The normalized spacial score (nSPS) is 16.4. The smallest absolute Gasteiger partial charge is 0.222 e. The van der Waals surface area contributed by atoms with Crippen molar-refractivity contribution in [2.75, 3.05) is 13.6 Å². The van der Waals surface area contributed by atoms with E-state index >= 15 is 0 Å². The lowest BCUT2D eigenvalue weighted by molar-refractivity contribution is -0.131. The maximum absolute atomic E-state index is 11.6. The predicted octanol–water partition coefficient (Wildman–Crippen LogP) is 2.39. The largest absolute Gasteiger partial charge is 0.346 e. The van der Waals surface area contributed by atoms with Gasteiger partial charge in [-0.3, -0.25) is 4.79 Å². The third-order valence-corrected chi connectivity index (χ3v) is 3.46. The fourth-order valence-electron chi connectivity index (χ4n) is 2.27. The molecule has 1 amide bonds. The van der Waals surface area contributed by atoms with Gasteiger partial charge in [-0.25, -0.2) is 0 Å². The van der Waals surface area contributed by atoms with Crippen LogP contribution in [0.3, 0.4) is 0 Å². The quantitative estimate of drug-likeness (QED) is 0.696. The van der Waals surface area contributed by atoms with Crippen molar-refractivity contribution in [1.29, 1.82) is 0 Å². The molecule has 0 saturated heterocycles. The Balaban J connectivity index is 2.15. The first-order valence-electron chi connectivity index (χ1n) is 6.33. The van der Waals surface area contributed by atoms with Gasteiger partial charge in [0.05, 0.1) is 0 Å². The highest BCUT2D eigenvalue weighted by molar-refractivity contribution is 5.83. The molecule has 16 heavy (non-hydrogen) atoms. The first-order chi connectivity index (χ1) is 7.59. The van der Waals surface area contributed by atoms with Crippen LogP contribution in [0.15, 0.2) is 0 Å². The van der Waals surface area contributed by atoms with E-state index in [4.69, 9.17) is 0 Å². The first kappa shape index (κ1) is 13.2. The molecule has 0 aromatic carbocycles. The molecule has 1 saturated carbocycles. The summed E-state index contributed by atoms with van der Waals surface area (Å²) in [6, 6.07) is 0. The molecule has 0 bridgehead atoms. The van der Waals surface area contributed by atoms with E-state index in [0.717, 1.165) is 18.9 Å². The van der Waals surface area contributed by atoms with Crippen LogP contribution >= 0.6 is 0 Å². The van der Waals surface area contributed by atoms with E-state index in [1.54, 1.807) is 4.90 Å². The van der Waals surface area contributed by atoms with Crippen LogP contribution in [-0.2, 0) is 9.59 Å². The molecule has 0 aromatic rings. The number of hydrogen-bond donors (Lipinski definition) is 0. The highest BCUT2D eigenvalue weighted by Crippen LogP contribution is 2.27. The summed E-state index contributed by atoms with van der Waals surface area (Å²) in [7, 11) is 1.84. The summed E-state index contributed by atoms with van der Waals surface area (Å²) >= 11 is 0. The second-order valence-corrected chi connectivity index (χ2v) is 4.96. The molecular formula is C13H23NO2. The van der Waals surface area contributed by atoms with Crippen LogP contribution in [0.1, 0.15) is 51.9 Å². The van der Waals surface area contributed by atoms with Gasteiger partial charge in [-0.15, -0.1) is 0 Å². The SMILES string of the molecule is CC(=O)CCC(=O)N(C)CCC1CCCC1. The average molecular weight is 225 g/mol. The van der Waals surface area contributed by atoms with E-state index in [1.165, 1.54) is 32.6 Å². The number of carbonyl (C=O) groups excluding carboxylic acids is 2. The predicted molar refractivity (Wildman–Crippen MR) is 64.1 cm³/mol. The maximum Gasteiger partial charge on any atom is 0.222 e. The van der Waals surface area contributed by atoms with Gasteiger partial charge in [0, 0.05) is 26.4 Å². The summed E-state index contributed by atoms with van der Waals surface area (Å²) in [6.45, 7) is 2.38. The zero-order valence-electron chi connectivity index (χ0n) is 10.5. The minimum absolute atomic E-state index is 0.0949. The minimum atomic E-state index is 0.0949. The van der Waals surface area contributed by atoms with Gasteiger partial charge in [-0.05, 0) is 19.3 Å². The highest BCUT2D eigenvalue weighted by Gasteiger charge is 2.16. The van der Waals surface area contributed by atoms with E-state index < -0.39 is 0 Å². The Morgan fingerprint density at radius 1 is 1.19 bits per heavy atom. The van der Waals surface area contributed by atoms with Crippen molar-refractivity contribution in [3.63, 3.8) is 0 Å². The molecule has 0 unspecified atom stereocenters. The van der Waals surface area contributed by atoms with Gasteiger partial charge in [0.2, 0.25) is 5.91 Å². The third-order valence-electron chi connectivity index (χ3n) is 3.46. The summed E-state index contributed by atoms with van der Waals surface area (Å²) in [6.07, 6.45) is 7.25. The van der Waals surface area contributed by atoms with Crippen molar-refractivity contribution in [3.05, 3.63) is 0 Å². The molecule has 1 aliphatic carbocycles. The molecule has 1 aliphatic rings. The van der Waals surface area contributed by atoms with E-state index in [1.807, 2.05) is 7.05 Å². The molecule has 0 atom stereocenters. The van der Waals surface area contributed by atoms with Crippen LogP contribution in [0.25, 0.3) is 0 Å². The fraction of sp³-hybridized carbons (Fsp3) is 0.846. The van der Waals surface area contributed by atoms with Crippen molar-refractivity contribution in [1.82, 2.24) is 4.90 Å². The van der Waals surface area contributed by atoms with Crippen LogP contribution < -0.4 is 0 Å². The van der Waals surface area contributed by atoms with Gasteiger partial charge in [-0.1, -0.05) is 25.7 Å². The minimum Gasteiger partial charge on any atom is -0.346 e. The Morgan fingerprint density at radius 3 is 2.38 bits per heavy atom. The zero-order chi connectivity index (χ0) is 12.0. The molecule has 0 heterocycles. The number of Topliss-reactive ketones (excluding diaryl/α,β-unsaturated/α-hetero) is 1. The molecule has 0 N–H and O–H groups in total. The Bertz CT molecular complexity index is 244. The molecule has 1 rings (SSSR count). The molecular weight excluding hydrogens is 202 g/mol. The van der Waals surface area contributed by atoms with E-state index in [9.17, 15) is 9.59 Å². The molecule has 3 nitrogen and oxygen atoms in total. The van der Waals surface area contributed by atoms with Crippen molar-refractivity contribution in [3.8, 4) is 0 Å². The number of amides is 1. The molecule has 3 heteroatoms. The van der Waals surface area contributed by atoms with Gasteiger partial charge in [0.25, 0.3) is 0 Å². The number of hydrogen-bond acceptors (Lipinski definition) is 2. The van der Waals surface area contributed by atoms with Gasteiger partial charge in [-0.2, -0.15) is 0 Å². The molecule has 0 radical (unpaired) electrons. The van der Waals surface area contributed by atoms with E-state index in [2.05, 4.69) is 0 Å². The fourth-order valence-corrected chi connectivity index (χ4v) is 2.27. The molecule has 92 valence electrons. The van der Waals surface area contributed by atoms with Gasteiger partial charge >= 0.3 is 0 Å². The number of carbonyl (C=O) groups is 2. The summed E-state index contributed by atoms with van der Waals surface area (Å²) in [5.41, 5.74) is 0. The number of rotatable bonds is 6. The lowest BCUT2D eigenvalue weighted by Gasteiger charge is -2.19. The lowest BCUT2D eigenvalue weighted by Crippen LogP contribution is -2.28. The Hall–Kier alpha value is -0.860. The maximum atomic E-state index is 11.6. The second kappa shape index (κ2) is 6.66. The van der Waals surface area contributed by atoms with E-state index in [-0.39, 0.29) is 11.7 Å². The second-order valence-electron chi connectivity index (χ2n) is 4.96. The Kier molecular flexibility index (Phi) is 5.50. The monoisotopic (exact) mass is 225 g/mol. The first-order valence-corrected chi connectivity index (χ1v) is 6.33. The van der Waals surface area contributed by atoms with Crippen molar-refractivity contribution in [2.24, 2.45) is 5.92 Å². The van der Waals surface area contributed by atoms with Gasteiger partial charge < -0.3 is 9.69 Å². The van der Waals surface area contributed by atoms with Crippen molar-refractivity contribution >= 4 is 11.7 Å². The van der Waals surface area contributed by atoms with Crippen LogP contribution in [-0.4, -0.2) is 30.2 Å². The zero-order valence-corrected chi connectivity index (χ0v) is 10.5. The molecule has 0 aliphatic heterocycles. The van der Waals surface area contributed by atoms with Crippen LogP contribution in [0, 0.1) is 5.92 Å². The Labute approximate surface area is 98.2 Å². The van der Waals surface area contributed by atoms with Gasteiger partial charge in [0.15, 0.2) is 0 Å². The lowest BCUT2D eigenvalue weighted by atomic mass is 10.0. The third kappa shape index (κ3) is 4.77. The Morgan fingerprint density at radius 2 is 1.81 bits per heavy atom.